The van der Waals surface area contributed by atoms with Crippen LogP contribution >= 0.6 is 11.3 Å². The number of thiazole rings is 1. The number of aryl methyl sites for hydroxylation is 2. The highest BCUT2D eigenvalue weighted by Crippen LogP contribution is 2.40. The van der Waals surface area contributed by atoms with Gasteiger partial charge in [-0.05, 0) is 51.4 Å². The van der Waals surface area contributed by atoms with Gasteiger partial charge in [0.2, 0.25) is 0 Å². The highest BCUT2D eigenvalue weighted by atomic mass is 32.2. The molecular weight excluding hydrogens is 304 g/mol. The van der Waals surface area contributed by atoms with Crippen LogP contribution in [0.2, 0.25) is 0 Å². The lowest BCUT2D eigenvalue weighted by molar-refractivity contribution is 0.322. The average Bonchev–Trinajstić information content (AvgIpc) is 3.12. The topological polar surface area (TPSA) is 59.1 Å². The number of sulfone groups is 1. The molecule has 1 aromatic rings. The summed E-state index contributed by atoms with van der Waals surface area (Å²) in [7, 11) is -2.95. The molecular formula is C15H22N2O2S2. The molecule has 2 fully saturated rings. The van der Waals surface area contributed by atoms with Crippen molar-refractivity contribution in [1.29, 1.82) is 0 Å². The molecule has 1 saturated carbocycles. The minimum absolute atomic E-state index is 0.239. The number of nitrogens with one attached hydrogen (secondary N) is 1. The largest absolute Gasteiger partial charge is 0.302 e. The summed E-state index contributed by atoms with van der Waals surface area (Å²) in [5.41, 5.74) is 0.835. The second kappa shape index (κ2) is 5.03. The summed E-state index contributed by atoms with van der Waals surface area (Å²) in [6.07, 6.45) is 8.67. The van der Waals surface area contributed by atoms with E-state index in [-0.39, 0.29) is 5.75 Å². The number of hydrogen-bond acceptors (Lipinski definition) is 5. The van der Waals surface area contributed by atoms with E-state index in [0.717, 1.165) is 30.7 Å². The molecule has 6 heteroatoms. The third-order valence-electron chi connectivity index (χ3n) is 4.84. The minimum Gasteiger partial charge on any atom is -0.302 e. The summed E-state index contributed by atoms with van der Waals surface area (Å²) in [6, 6.07) is 0.499. The van der Waals surface area contributed by atoms with Crippen LogP contribution in [0, 0.1) is 0 Å². The number of fused-ring (bicyclic) bond motifs is 1. The number of rotatable bonds is 3. The van der Waals surface area contributed by atoms with Crippen molar-refractivity contribution in [3.63, 3.8) is 0 Å². The van der Waals surface area contributed by atoms with Gasteiger partial charge in [0.25, 0.3) is 0 Å². The maximum absolute atomic E-state index is 12.2. The number of hydrogen-bond donors (Lipinski definition) is 1. The third-order valence-corrected chi connectivity index (χ3v) is 8.04. The molecule has 21 heavy (non-hydrogen) atoms. The Hall–Kier alpha value is -0.460. The van der Waals surface area contributed by atoms with Gasteiger partial charge in [-0.15, -0.1) is 11.3 Å². The lowest BCUT2D eigenvalue weighted by atomic mass is 9.95. The fourth-order valence-electron chi connectivity index (χ4n) is 3.63. The van der Waals surface area contributed by atoms with E-state index in [1.54, 1.807) is 11.3 Å². The van der Waals surface area contributed by atoms with Gasteiger partial charge in [0, 0.05) is 10.9 Å². The van der Waals surface area contributed by atoms with Crippen molar-refractivity contribution in [1.82, 2.24) is 10.3 Å². The summed E-state index contributed by atoms with van der Waals surface area (Å²) >= 11 is 1.77. The van der Waals surface area contributed by atoms with Crippen molar-refractivity contribution in [3.8, 4) is 0 Å². The zero-order chi connectivity index (χ0) is 14.5. The molecule has 2 aliphatic carbocycles. The van der Waals surface area contributed by atoms with Crippen LogP contribution in [0.3, 0.4) is 0 Å². The third kappa shape index (κ3) is 2.78. The molecule has 0 bridgehead atoms. The Balaban J connectivity index is 1.72. The van der Waals surface area contributed by atoms with Crippen LogP contribution in [0.4, 0.5) is 0 Å². The van der Waals surface area contributed by atoms with E-state index in [9.17, 15) is 8.42 Å². The molecule has 1 saturated heterocycles. The van der Waals surface area contributed by atoms with Gasteiger partial charge >= 0.3 is 0 Å². The van der Waals surface area contributed by atoms with Gasteiger partial charge in [0.15, 0.2) is 9.84 Å². The minimum atomic E-state index is -2.95. The molecule has 1 aromatic heterocycles. The van der Waals surface area contributed by atoms with Crippen LogP contribution < -0.4 is 5.32 Å². The van der Waals surface area contributed by atoms with Crippen LogP contribution in [-0.4, -0.2) is 30.9 Å². The lowest BCUT2D eigenvalue weighted by Gasteiger charge is -2.36. The lowest BCUT2D eigenvalue weighted by Crippen LogP contribution is -2.51. The highest BCUT2D eigenvalue weighted by molar-refractivity contribution is 7.91. The van der Waals surface area contributed by atoms with Crippen molar-refractivity contribution in [2.45, 2.75) is 62.9 Å². The zero-order valence-electron chi connectivity index (χ0n) is 12.2. The summed E-state index contributed by atoms with van der Waals surface area (Å²) in [5, 5.41) is 4.70. The first kappa shape index (κ1) is 14.2. The SMILES string of the molecule is O=S1(=O)CCCC(NC2CC2)(c2nc3c(s2)CCCC3)C1. The fraction of sp³-hybridized carbons (Fsp3) is 0.800. The molecule has 0 aromatic carbocycles. The maximum atomic E-state index is 12.2. The molecule has 0 radical (unpaired) electrons. The molecule has 2 heterocycles. The normalized spacial score (nSPS) is 31.8. The molecule has 1 aliphatic heterocycles. The van der Waals surface area contributed by atoms with E-state index in [2.05, 4.69) is 5.32 Å². The molecule has 116 valence electrons. The predicted molar refractivity (Wildman–Crippen MR) is 84.5 cm³/mol. The molecule has 0 amide bonds. The van der Waals surface area contributed by atoms with Crippen LogP contribution in [0.1, 0.15) is 54.1 Å². The van der Waals surface area contributed by atoms with E-state index < -0.39 is 15.4 Å². The second-order valence-corrected chi connectivity index (χ2v) is 10.1. The zero-order valence-corrected chi connectivity index (χ0v) is 13.9. The van der Waals surface area contributed by atoms with Crippen LogP contribution in [-0.2, 0) is 28.2 Å². The molecule has 1 N–H and O–H groups in total. The second-order valence-electron chi connectivity index (χ2n) is 6.79. The smallest absolute Gasteiger partial charge is 0.152 e. The predicted octanol–water partition coefficient (Wildman–Crippen LogP) is 2.18. The van der Waals surface area contributed by atoms with Crippen molar-refractivity contribution in [2.24, 2.45) is 0 Å². The Morgan fingerprint density at radius 3 is 2.71 bits per heavy atom. The highest BCUT2D eigenvalue weighted by Gasteiger charge is 2.46. The molecule has 1 atom stereocenters. The van der Waals surface area contributed by atoms with Gasteiger partial charge in [-0.1, -0.05) is 0 Å². The van der Waals surface area contributed by atoms with Crippen molar-refractivity contribution < 1.29 is 8.42 Å². The van der Waals surface area contributed by atoms with Crippen LogP contribution in [0.15, 0.2) is 0 Å². The number of nitrogens with zero attached hydrogens (tertiary/aromatic N) is 1. The summed E-state index contributed by atoms with van der Waals surface area (Å²) in [5.74, 6) is 0.578. The number of aromatic nitrogens is 1. The van der Waals surface area contributed by atoms with Crippen molar-refractivity contribution >= 4 is 21.2 Å². The van der Waals surface area contributed by atoms with Gasteiger partial charge < -0.3 is 5.32 Å². The van der Waals surface area contributed by atoms with Gasteiger partial charge in [0.1, 0.15) is 5.01 Å². The first-order chi connectivity index (χ1) is 10.1. The summed E-state index contributed by atoms with van der Waals surface area (Å²) in [6.45, 7) is 0. The molecule has 0 spiro atoms. The monoisotopic (exact) mass is 326 g/mol. The Bertz CT molecular complexity index is 625. The maximum Gasteiger partial charge on any atom is 0.152 e. The van der Waals surface area contributed by atoms with E-state index in [0.29, 0.717) is 11.8 Å². The first-order valence-electron chi connectivity index (χ1n) is 8.04. The summed E-state index contributed by atoms with van der Waals surface area (Å²) in [4.78, 5) is 6.28. The van der Waals surface area contributed by atoms with E-state index in [4.69, 9.17) is 4.98 Å². The van der Waals surface area contributed by atoms with Crippen molar-refractivity contribution in [3.05, 3.63) is 15.6 Å². The quantitative estimate of drug-likeness (QED) is 0.925. The molecule has 3 aliphatic rings. The molecule has 4 rings (SSSR count). The Morgan fingerprint density at radius 2 is 2.00 bits per heavy atom. The standard InChI is InChI=1S/C15H22N2O2S2/c18-21(19)9-3-8-15(10-21,17-11-6-7-11)14-16-12-4-1-2-5-13(12)20-14/h11,17H,1-10H2. The summed E-state index contributed by atoms with van der Waals surface area (Å²) < 4.78 is 24.4. The van der Waals surface area contributed by atoms with Crippen LogP contribution in [0.25, 0.3) is 0 Å². The molecule has 4 nitrogen and oxygen atoms in total. The molecule has 1 unspecified atom stereocenters. The fourth-order valence-corrected chi connectivity index (χ4v) is 6.90. The van der Waals surface area contributed by atoms with Gasteiger partial charge in [-0.25, -0.2) is 13.4 Å². The Kier molecular flexibility index (Phi) is 3.39. The van der Waals surface area contributed by atoms with E-state index in [1.165, 1.54) is 36.3 Å². The van der Waals surface area contributed by atoms with E-state index in [1.807, 2.05) is 0 Å². The Labute approximate surface area is 130 Å². The average molecular weight is 326 g/mol. The van der Waals surface area contributed by atoms with Gasteiger partial charge in [0.05, 0.1) is 22.7 Å². The van der Waals surface area contributed by atoms with Gasteiger partial charge in [-0.2, -0.15) is 0 Å². The first-order valence-corrected chi connectivity index (χ1v) is 10.7. The van der Waals surface area contributed by atoms with Gasteiger partial charge in [-0.3, -0.25) is 0 Å². The van der Waals surface area contributed by atoms with Crippen molar-refractivity contribution in [2.75, 3.05) is 11.5 Å². The van der Waals surface area contributed by atoms with Crippen LogP contribution in [0.5, 0.6) is 0 Å². The van der Waals surface area contributed by atoms with E-state index >= 15 is 0 Å². The Morgan fingerprint density at radius 1 is 1.19 bits per heavy atom.